The predicted octanol–water partition coefficient (Wildman–Crippen LogP) is 4.80. The predicted molar refractivity (Wildman–Crippen MR) is 80.1 cm³/mol. The van der Waals surface area contributed by atoms with Gasteiger partial charge < -0.3 is 4.74 Å². The molecule has 2 rings (SSSR count). The minimum atomic E-state index is 0.421. The lowest BCUT2D eigenvalue weighted by molar-refractivity contribution is 0.112. The van der Waals surface area contributed by atoms with Crippen molar-refractivity contribution in [3.8, 4) is 5.75 Å². The van der Waals surface area contributed by atoms with Crippen molar-refractivity contribution in [1.29, 1.82) is 0 Å². The van der Waals surface area contributed by atoms with E-state index in [2.05, 4.69) is 15.9 Å². The Labute approximate surface area is 125 Å². The van der Waals surface area contributed by atoms with Crippen LogP contribution >= 0.6 is 27.5 Å². The average molecular weight is 340 g/mol. The Balaban J connectivity index is 2.21. The number of rotatable bonds is 4. The van der Waals surface area contributed by atoms with Crippen LogP contribution in [0.4, 0.5) is 0 Å². The molecule has 0 saturated heterocycles. The number of benzene rings is 2. The molecule has 19 heavy (non-hydrogen) atoms. The third-order valence-electron chi connectivity index (χ3n) is 2.79. The van der Waals surface area contributed by atoms with Crippen molar-refractivity contribution in [2.75, 3.05) is 0 Å². The van der Waals surface area contributed by atoms with Crippen LogP contribution in [0.2, 0.25) is 5.02 Å². The van der Waals surface area contributed by atoms with Crippen LogP contribution in [0, 0.1) is 6.92 Å². The van der Waals surface area contributed by atoms with E-state index in [9.17, 15) is 4.79 Å². The maximum Gasteiger partial charge on any atom is 0.152 e. The summed E-state index contributed by atoms with van der Waals surface area (Å²) in [6.45, 7) is 2.47. The molecule has 0 heterocycles. The van der Waals surface area contributed by atoms with Gasteiger partial charge in [0.25, 0.3) is 0 Å². The zero-order chi connectivity index (χ0) is 13.8. The molecule has 98 valence electrons. The summed E-state index contributed by atoms with van der Waals surface area (Å²) in [5, 5.41) is 0.421. The van der Waals surface area contributed by atoms with E-state index in [4.69, 9.17) is 16.3 Å². The largest absolute Gasteiger partial charge is 0.486 e. The summed E-state index contributed by atoms with van der Waals surface area (Å²) in [5.41, 5.74) is 2.78. The summed E-state index contributed by atoms with van der Waals surface area (Å²) in [5.74, 6) is 0.551. The number of hydrogen-bond donors (Lipinski definition) is 0. The van der Waals surface area contributed by atoms with E-state index >= 15 is 0 Å². The van der Waals surface area contributed by atoms with E-state index in [1.54, 1.807) is 12.1 Å². The molecule has 0 saturated carbocycles. The van der Waals surface area contributed by atoms with Crippen molar-refractivity contribution in [2.24, 2.45) is 0 Å². The lowest BCUT2D eigenvalue weighted by atomic mass is 10.1. The molecule has 0 aliphatic heterocycles. The van der Waals surface area contributed by atoms with Gasteiger partial charge in [-0.15, -0.1) is 0 Å². The number of ether oxygens (including phenoxy) is 1. The molecule has 0 radical (unpaired) electrons. The number of hydrogen-bond acceptors (Lipinski definition) is 2. The number of aldehydes is 1. The number of halogens is 2. The van der Waals surface area contributed by atoms with Gasteiger partial charge in [0.05, 0.1) is 9.50 Å². The molecule has 0 aliphatic rings. The van der Waals surface area contributed by atoms with Crippen LogP contribution < -0.4 is 4.74 Å². The first-order chi connectivity index (χ1) is 9.11. The van der Waals surface area contributed by atoms with Gasteiger partial charge >= 0.3 is 0 Å². The second-order valence-electron chi connectivity index (χ2n) is 4.15. The van der Waals surface area contributed by atoms with Crippen LogP contribution in [-0.2, 0) is 6.61 Å². The number of carbonyl (C=O) groups excluding carboxylic acids is 1. The fourth-order valence-corrected chi connectivity index (χ4v) is 2.70. The zero-order valence-corrected chi connectivity index (χ0v) is 12.7. The molecule has 0 N–H and O–H groups in total. The van der Waals surface area contributed by atoms with Gasteiger partial charge in [0.2, 0.25) is 0 Å². The van der Waals surface area contributed by atoms with E-state index in [0.717, 1.165) is 11.8 Å². The maximum absolute atomic E-state index is 10.7. The van der Waals surface area contributed by atoms with Crippen molar-refractivity contribution in [2.45, 2.75) is 13.5 Å². The first-order valence-electron chi connectivity index (χ1n) is 5.73. The van der Waals surface area contributed by atoms with E-state index < -0.39 is 0 Å². The topological polar surface area (TPSA) is 26.3 Å². The molecule has 0 atom stereocenters. The monoisotopic (exact) mass is 338 g/mol. The normalized spacial score (nSPS) is 10.3. The molecular weight excluding hydrogens is 328 g/mol. The summed E-state index contributed by atoms with van der Waals surface area (Å²) in [4.78, 5) is 10.7. The Morgan fingerprint density at radius 3 is 2.68 bits per heavy atom. The molecule has 2 aromatic carbocycles. The molecule has 0 bridgehead atoms. The highest BCUT2D eigenvalue weighted by atomic mass is 79.9. The second kappa shape index (κ2) is 6.22. The summed E-state index contributed by atoms with van der Waals surface area (Å²) >= 11 is 9.47. The summed E-state index contributed by atoms with van der Waals surface area (Å²) < 4.78 is 6.42. The van der Waals surface area contributed by atoms with Gasteiger partial charge in [0.1, 0.15) is 12.9 Å². The molecule has 2 aromatic rings. The summed E-state index contributed by atoms with van der Waals surface area (Å²) in [6.07, 6.45) is 0.752. The van der Waals surface area contributed by atoms with E-state index in [0.29, 0.717) is 27.4 Å². The standard InChI is InChI=1S/C15H12BrClO2/c1-10-4-2-3-5-12(10)9-19-15-13(16)6-11(8-18)7-14(15)17/h2-8H,9H2,1H3. The number of carbonyl (C=O) groups is 1. The SMILES string of the molecule is Cc1ccccc1COc1c(Cl)cc(C=O)cc1Br. The number of aryl methyl sites for hydroxylation is 1. The van der Waals surface area contributed by atoms with Crippen LogP contribution in [-0.4, -0.2) is 6.29 Å². The van der Waals surface area contributed by atoms with Gasteiger partial charge in [-0.3, -0.25) is 4.79 Å². The lowest BCUT2D eigenvalue weighted by Gasteiger charge is -2.12. The van der Waals surface area contributed by atoms with Crippen molar-refractivity contribution in [1.82, 2.24) is 0 Å². The Morgan fingerprint density at radius 1 is 1.32 bits per heavy atom. The average Bonchev–Trinajstić information content (AvgIpc) is 2.39. The molecule has 0 spiro atoms. The molecule has 0 unspecified atom stereocenters. The first kappa shape index (κ1) is 14.1. The maximum atomic E-state index is 10.7. The highest BCUT2D eigenvalue weighted by molar-refractivity contribution is 9.10. The zero-order valence-electron chi connectivity index (χ0n) is 10.3. The van der Waals surface area contributed by atoms with E-state index in [1.807, 2.05) is 31.2 Å². The van der Waals surface area contributed by atoms with Crippen LogP contribution in [0.5, 0.6) is 5.75 Å². The van der Waals surface area contributed by atoms with Gasteiger partial charge in [-0.05, 0) is 46.1 Å². The van der Waals surface area contributed by atoms with E-state index in [-0.39, 0.29) is 0 Å². The van der Waals surface area contributed by atoms with Gasteiger partial charge in [0.15, 0.2) is 5.75 Å². The fraction of sp³-hybridized carbons (Fsp3) is 0.133. The Bertz CT molecular complexity index is 588. The first-order valence-corrected chi connectivity index (χ1v) is 6.90. The van der Waals surface area contributed by atoms with Crippen LogP contribution in [0.15, 0.2) is 40.9 Å². The Morgan fingerprint density at radius 2 is 2.05 bits per heavy atom. The molecule has 0 aliphatic carbocycles. The van der Waals surface area contributed by atoms with Crippen LogP contribution in [0.3, 0.4) is 0 Å². The van der Waals surface area contributed by atoms with Crippen molar-refractivity contribution in [3.63, 3.8) is 0 Å². The molecule has 0 amide bonds. The summed E-state index contributed by atoms with van der Waals surface area (Å²) in [7, 11) is 0. The van der Waals surface area contributed by atoms with Crippen molar-refractivity contribution >= 4 is 33.8 Å². The van der Waals surface area contributed by atoms with Gasteiger partial charge in [0, 0.05) is 5.56 Å². The van der Waals surface area contributed by atoms with E-state index in [1.165, 1.54) is 5.56 Å². The molecule has 0 fully saturated rings. The van der Waals surface area contributed by atoms with Crippen molar-refractivity contribution in [3.05, 3.63) is 62.6 Å². The van der Waals surface area contributed by atoms with Crippen LogP contribution in [0.1, 0.15) is 21.5 Å². The quantitative estimate of drug-likeness (QED) is 0.748. The minimum Gasteiger partial charge on any atom is -0.486 e. The van der Waals surface area contributed by atoms with Gasteiger partial charge in [-0.1, -0.05) is 35.9 Å². The van der Waals surface area contributed by atoms with Crippen LogP contribution in [0.25, 0.3) is 0 Å². The lowest BCUT2D eigenvalue weighted by Crippen LogP contribution is -1.99. The fourth-order valence-electron chi connectivity index (χ4n) is 1.71. The molecule has 4 heteroatoms. The van der Waals surface area contributed by atoms with Gasteiger partial charge in [-0.25, -0.2) is 0 Å². The third-order valence-corrected chi connectivity index (χ3v) is 3.66. The highest BCUT2D eigenvalue weighted by Crippen LogP contribution is 2.34. The minimum absolute atomic E-state index is 0.421. The van der Waals surface area contributed by atoms with Gasteiger partial charge in [-0.2, -0.15) is 0 Å². The molecule has 0 aromatic heterocycles. The molecule has 2 nitrogen and oxygen atoms in total. The summed E-state index contributed by atoms with van der Waals surface area (Å²) in [6, 6.07) is 11.3. The van der Waals surface area contributed by atoms with Crippen molar-refractivity contribution < 1.29 is 9.53 Å². The third kappa shape index (κ3) is 3.37. The Hall–Kier alpha value is -1.32. The Kier molecular flexibility index (Phi) is 4.61. The smallest absolute Gasteiger partial charge is 0.152 e. The second-order valence-corrected chi connectivity index (χ2v) is 5.41. The highest BCUT2D eigenvalue weighted by Gasteiger charge is 2.10. The molecular formula is C15H12BrClO2.